The van der Waals surface area contributed by atoms with Gasteiger partial charge in [0.1, 0.15) is 0 Å². The van der Waals surface area contributed by atoms with Crippen LogP contribution in [-0.2, 0) is 9.84 Å². The number of fused-ring (bicyclic) bond motifs is 1. The van der Waals surface area contributed by atoms with Gasteiger partial charge in [-0.25, -0.2) is 8.42 Å². The van der Waals surface area contributed by atoms with Crippen molar-refractivity contribution in [3.63, 3.8) is 0 Å². The molecule has 0 spiro atoms. The Morgan fingerprint density at radius 3 is 2.38 bits per heavy atom. The zero-order valence-electron chi connectivity index (χ0n) is 11.3. The van der Waals surface area contributed by atoms with E-state index in [0.717, 1.165) is 16.5 Å². The highest BCUT2D eigenvalue weighted by molar-refractivity contribution is 7.90. The Balaban J connectivity index is 2.00. The van der Waals surface area contributed by atoms with Gasteiger partial charge in [0.15, 0.2) is 9.84 Å². The Morgan fingerprint density at radius 1 is 1.05 bits per heavy atom. The van der Waals surface area contributed by atoms with Crippen LogP contribution in [0.1, 0.15) is 16.5 Å². The van der Waals surface area contributed by atoms with Crippen molar-refractivity contribution in [3.05, 3.63) is 65.0 Å². The summed E-state index contributed by atoms with van der Waals surface area (Å²) in [5, 5.41) is 2.93. The van der Waals surface area contributed by atoms with Gasteiger partial charge in [0.2, 0.25) is 0 Å². The molecular weight excluding hydrogens is 324 g/mol. The number of hydrogen-bond acceptors (Lipinski definition) is 3. The minimum atomic E-state index is -3.17. The van der Waals surface area contributed by atoms with Gasteiger partial charge in [-0.3, -0.25) is 0 Å². The number of sulfone groups is 1. The van der Waals surface area contributed by atoms with Crippen molar-refractivity contribution in [1.82, 2.24) is 0 Å². The van der Waals surface area contributed by atoms with Gasteiger partial charge in [-0.05, 0) is 40.1 Å². The molecule has 0 bridgehead atoms. The predicted octanol–water partition coefficient (Wildman–Crippen LogP) is 4.63. The summed E-state index contributed by atoms with van der Waals surface area (Å²) < 4.78 is 24.2. The minimum absolute atomic E-state index is 0.283. The smallest absolute Gasteiger partial charge is 0.175 e. The molecule has 5 heteroatoms. The van der Waals surface area contributed by atoms with E-state index in [4.69, 9.17) is 11.6 Å². The number of thiophene rings is 1. The zero-order chi connectivity index (χ0) is 15.0. The second-order valence-corrected chi connectivity index (χ2v) is 8.25. The van der Waals surface area contributed by atoms with Crippen molar-refractivity contribution in [1.29, 1.82) is 0 Å². The van der Waals surface area contributed by atoms with E-state index in [1.807, 2.05) is 12.1 Å². The predicted molar refractivity (Wildman–Crippen MR) is 89.1 cm³/mol. The van der Waals surface area contributed by atoms with Crippen LogP contribution < -0.4 is 0 Å². The van der Waals surface area contributed by atoms with Gasteiger partial charge in [0.05, 0.1) is 10.3 Å². The van der Waals surface area contributed by atoms with Crippen molar-refractivity contribution in [2.24, 2.45) is 0 Å². The molecule has 1 unspecified atom stereocenters. The first-order chi connectivity index (χ1) is 9.97. The number of alkyl halides is 1. The number of rotatable bonds is 3. The summed E-state index contributed by atoms with van der Waals surface area (Å²) in [5.74, 6) is 0. The molecule has 3 rings (SSSR count). The monoisotopic (exact) mass is 336 g/mol. The molecule has 0 aliphatic rings. The average Bonchev–Trinajstić information content (AvgIpc) is 2.90. The SMILES string of the molecule is CS(=O)(=O)c1ccc(C(Cl)c2csc3ccccc23)cc1. The van der Waals surface area contributed by atoms with Gasteiger partial charge < -0.3 is 0 Å². The fraction of sp³-hybridized carbons (Fsp3) is 0.125. The average molecular weight is 337 g/mol. The fourth-order valence-electron chi connectivity index (χ4n) is 2.26. The zero-order valence-corrected chi connectivity index (χ0v) is 13.7. The minimum Gasteiger partial charge on any atom is -0.224 e. The molecule has 2 aromatic carbocycles. The summed E-state index contributed by atoms with van der Waals surface area (Å²) in [6.45, 7) is 0. The third-order valence-corrected chi connectivity index (χ3v) is 5.98. The fourth-order valence-corrected chi connectivity index (χ4v) is 4.28. The van der Waals surface area contributed by atoms with Crippen LogP contribution in [0.3, 0.4) is 0 Å². The van der Waals surface area contributed by atoms with Crippen molar-refractivity contribution in [2.75, 3.05) is 6.26 Å². The Morgan fingerprint density at radius 2 is 1.71 bits per heavy atom. The van der Waals surface area contributed by atoms with Crippen molar-refractivity contribution < 1.29 is 8.42 Å². The number of hydrogen-bond donors (Lipinski definition) is 0. The molecule has 1 heterocycles. The first-order valence-corrected chi connectivity index (χ1v) is 9.58. The molecule has 108 valence electrons. The van der Waals surface area contributed by atoms with Gasteiger partial charge >= 0.3 is 0 Å². The molecular formula is C16H13ClO2S2. The molecule has 0 saturated heterocycles. The molecule has 0 fully saturated rings. The molecule has 2 nitrogen and oxygen atoms in total. The lowest BCUT2D eigenvalue weighted by Crippen LogP contribution is -1.98. The summed E-state index contributed by atoms with van der Waals surface area (Å²) in [4.78, 5) is 0.310. The van der Waals surface area contributed by atoms with Crippen molar-refractivity contribution in [2.45, 2.75) is 10.3 Å². The summed E-state index contributed by atoms with van der Waals surface area (Å²) in [5.41, 5.74) is 1.96. The van der Waals surface area contributed by atoms with Gasteiger partial charge in [0.25, 0.3) is 0 Å². The van der Waals surface area contributed by atoms with Crippen LogP contribution in [0.25, 0.3) is 10.1 Å². The molecule has 0 aliphatic carbocycles. The van der Waals surface area contributed by atoms with Gasteiger partial charge in [-0.1, -0.05) is 30.3 Å². The highest BCUT2D eigenvalue weighted by atomic mass is 35.5. The molecule has 21 heavy (non-hydrogen) atoms. The summed E-state index contributed by atoms with van der Waals surface area (Å²) in [7, 11) is -3.17. The maximum atomic E-state index is 11.5. The molecule has 0 saturated carbocycles. The summed E-state index contributed by atoms with van der Waals surface area (Å²) in [6, 6.07) is 14.9. The van der Waals surface area contributed by atoms with Crippen LogP contribution in [0.5, 0.6) is 0 Å². The molecule has 0 N–H and O–H groups in total. The molecule has 1 aromatic heterocycles. The summed E-state index contributed by atoms with van der Waals surface area (Å²) >= 11 is 8.24. The lowest BCUT2D eigenvalue weighted by Gasteiger charge is -2.10. The maximum absolute atomic E-state index is 11.5. The van der Waals surface area contributed by atoms with E-state index in [2.05, 4.69) is 17.5 Å². The first-order valence-electron chi connectivity index (χ1n) is 6.37. The first kappa shape index (κ1) is 14.6. The second-order valence-electron chi connectivity index (χ2n) is 4.89. The Hall–Kier alpha value is -1.36. The maximum Gasteiger partial charge on any atom is 0.175 e. The van der Waals surface area contributed by atoms with E-state index in [9.17, 15) is 8.42 Å². The molecule has 3 aromatic rings. The van der Waals surface area contributed by atoms with Crippen molar-refractivity contribution in [3.8, 4) is 0 Å². The molecule has 0 radical (unpaired) electrons. The highest BCUT2D eigenvalue weighted by Crippen LogP contribution is 2.37. The van der Waals surface area contributed by atoms with Crippen LogP contribution in [0.15, 0.2) is 58.8 Å². The normalized spacial score (nSPS) is 13.4. The Bertz CT molecular complexity index is 880. The number of halogens is 1. The van der Waals surface area contributed by atoms with Crippen LogP contribution in [0.4, 0.5) is 0 Å². The quantitative estimate of drug-likeness (QED) is 0.653. The van der Waals surface area contributed by atoms with Crippen LogP contribution >= 0.6 is 22.9 Å². The lowest BCUT2D eigenvalue weighted by molar-refractivity contribution is 0.602. The van der Waals surface area contributed by atoms with Gasteiger partial charge in [-0.15, -0.1) is 22.9 Å². The van der Waals surface area contributed by atoms with E-state index < -0.39 is 9.84 Å². The van der Waals surface area contributed by atoms with Crippen LogP contribution in [-0.4, -0.2) is 14.7 Å². The highest BCUT2D eigenvalue weighted by Gasteiger charge is 2.16. The summed E-state index contributed by atoms with van der Waals surface area (Å²) in [6.07, 6.45) is 1.20. The second kappa shape index (κ2) is 5.44. The van der Waals surface area contributed by atoms with Crippen molar-refractivity contribution >= 4 is 42.9 Å². The van der Waals surface area contributed by atoms with E-state index in [1.165, 1.54) is 11.0 Å². The molecule has 0 amide bonds. The molecule has 0 aliphatic heterocycles. The topological polar surface area (TPSA) is 34.1 Å². The van der Waals surface area contributed by atoms with E-state index in [1.54, 1.807) is 35.6 Å². The largest absolute Gasteiger partial charge is 0.224 e. The Kier molecular flexibility index (Phi) is 3.78. The third-order valence-electron chi connectivity index (χ3n) is 3.38. The van der Waals surface area contributed by atoms with Gasteiger partial charge in [0, 0.05) is 11.0 Å². The Labute approximate surface area is 132 Å². The van der Waals surface area contributed by atoms with Crippen LogP contribution in [0, 0.1) is 0 Å². The van der Waals surface area contributed by atoms with E-state index >= 15 is 0 Å². The lowest BCUT2D eigenvalue weighted by atomic mass is 10.0. The third kappa shape index (κ3) is 2.84. The molecule has 1 atom stereocenters. The van der Waals surface area contributed by atoms with E-state index in [-0.39, 0.29) is 5.38 Å². The van der Waals surface area contributed by atoms with Crippen LogP contribution in [0.2, 0.25) is 0 Å². The van der Waals surface area contributed by atoms with E-state index in [0.29, 0.717) is 4.90 Å². The van der Waals surface area contributed by atoms with Gasteiger partial charge in [-0.2, -0.15) is 0 Å². The standard InChI is InChI=1S/C16H13ClO2S2/c1-21(18,19)12-8-6-11(7-9-12)16(17)14-10-20-15-5-3-2-4-13(14)15/h2-10,16H,1H3. The number of benzene rings is 2.